The molecule has 3 aromatic carbocycles. The van der Waals surface area contributed by atoms with Crippen LogP contribution in [0.3, 0.4) is 0 Å². The average molecular weight is 769 g/mol. The molecule has 4 fully saturated rings. The number of piperidine rings is 2. The molecule has 3 amide bonds. The van der Waals surface area contributed by atoms with Crippen molar-refractivity contribution in [2.45, 2.75) is 50.5 Å². The van der Waals surface area contributed by atoms with Gasteiger partial charge in [0.1, 0.15) is 29.3 Å². The van der Waals surface area contributed by atoms with Crippen molar-refractivity contribution in [2.75, 3.05) is 76.1 Å². The minimum absolute atomic E-state index is 0.203. The molecule has 9 rings (SSSR count). The predicted octanol–water partition coefficient (Wildman–Crippen LogP) is 6.15. The predicted molar refractivity (Wildman–Crippen MR) is 221 cm³/mol. The Morgan fingerprint density at radius 2 is 1.44 bits per heavy atom. The van der Waals surface area contributed by atoms with Gasteiger partial charge in [-0.15, -0.1) is 0 Å². The fraction of sp³-hybridized carbons (Fsp3) is 0.432. The Morgan fingerprint density at radius 1 is 0.737 bits per heavy atom. The molecule has 2 aromatic heterocycles. The van der Waals surface area contributed by atoms with Gasteiger partial charge in [-0.3, -0.25) is 15.0 Å². The van der Waals surface area contributed by atoms with Gasteiger partial charge in [-0.1, -0.05) is 30.3 Å². The zero-order valence-electron chi connectivity index (χ0n) is 32.5. The summed E-state index contributed by atoms with van der Waals surface area (Å²) in [6, 6.07) is 26.1. The minimum atomic E-state index is -0.329. The Hall–Kier alpha value is -5.37. The number of benzene rings is 3. The van der Waals surface area contributed by atoms with Crippen LogP contribution in [0.1, 0.15) is 56.0 Å². The highest BCUT2D eigenvalue weighted by molar-refractivity contribution is 6.05. The van der Waals surface area contributed by atoms with Crippen molar-refractivity contribution < 1.29 is 14.3 Å². The van der Waals surface area contributed by atoms with Crippen molar-refractivity contribution in [1.29, 1.82) is 0 Å². The number of para-hydroxylation sites is 1. The molecule has 3 N–H and O–H groups in total. The van der Waals surface area contributed by atoms with Gasteiger partial charge in [-0.25, -0.2) is 19.4 Å². The third-order valence-corrected chi connectivity index (χ3v) is 12.5. The van der Waals surface area contributed by atoms with Gasteiger partial charge in [0.25, 0.3) is 0 Å². The van der Waals surface area contributed by atoms with E-state index in [1.54, 1.807) is 11.2 Å². The number of rotatable bonds is 11. The summed E-state index contributed by atoms with van der Waals surface area (Å²) < 4.78 is 8.11. The van der Waals surface area contributed by atoms with E-state index in [4.69, 9.17) is 15.6 Å². The maximum absolute atomic E-state index is 12.2. The molecule has 0 saturated carbocycles. The lowest BCUT2D eigenvalue weighted by atomic mass is 9.89. The van der Waals surface area contributed by atoms with Crippen LogP contribution in [0, 0.1) is 5.92 Å². The number of anilines is 2. The van der Waals surface area contributed by atoms with Gasteiger partial charge in [-0.05, 0) is 118 Å². The molecule has 296 valence electrons. The van der Waals surface area contributed by atoms with Crippen molar-refractivity contribution in [3.05, 3.63) is 90.8 Å². The van der Waals surface area contributed by atoms with E-state index < -0.39 is 0 Å². The number of carbonyl (C=O) groups is 2. The number of hydrogen-bond donors (Lipinski definition) is 2. The van der Waals surface area contributed by atoms with Crippen LogP contribution in [-0.2, 0) is 4.79 Å². The Labute approximate surface area is 333 Å². The normalized spacial score (nSPS) is 20.7. The molecule has 13 nitrogen and oxygen atoms in total. The molecule has 5 aromatic rings. The summed E-state index contributed by atoms with van der Waals surface area (Å²) in [6.45, 7) is 10.6. The number of likely N-dealkylation sites (tertiary alicyclic amines) is 3. The maximum atomic E-state index is 12.2. The third kappa shape index (κ3) is 8.37. The topological polar surface area (TPSA) is 138 Å². The molecule has 57 heavy (non-hydrogen) atoms. The average Bonchev–Trinajstić information content (AvgIpc) is 3.87. The van der Waals surface area contributed by atoms with E-state index in [9.17, 15) is 9.59 Å². The van der Waals surface area contributed by atoms with E-state index in [-0.39, 0.29) is 18.0 Å². The number of ether oxygens (including phenoxy) is 1. The third-order valence-electron chi connectivity index (χ3n) is 12.5. The standard InChI is InChI=1S/C44H52N10O3/c45-42-40-41(34-8-12-38(13-9-34)57-37-4-2-1-3-5-37)49-54(43(40)47-30-46-42)36-17-23-50(24-18-36)26-27-52-20-14-31(29-52)28-51-21-15-33(16-22-51)32-6-10-35(11-7-32)53-25-19-39(55)48-44(53)56/h1-13,30-31,33,36H,14-29H2,(H2,45,46,47)(H,48,55,56). The van der Waals surface area contributed by atoms with Crippen LogP contribution in [0.15, 0.2) is 85.2 Å². The fourth-order valence-corrected chi connectivity index (χ4v) is 9.24. The summed E-state index contributed by atoms with van der Waals surface area (Å²) in [5, 5.41) is 8.35. The van der Waals surface area contributed by atoms with Crippen molar-refractivity contribution in [1.82, 2.24) is 39.8 Å². The van der Waals surface area contributed by atoms with Crippen molar-refractivity contribution in [3.8, 4) is 22.8 Å². The van der Waals surface area contributed by atoms with E-state index in [2.05, 4.69) is 46.8 Å². The molecular formula is C44H52N10O3. The first kappa shape index (κ1) is 37.2. The molecule has 0 radical (unpaired) electrons. The zero-order chi connectivity index (χ0) is 38.7. The van der Waals surface area contributed by atoms with Gasteiger partial charge >= 0.3 is 6.03 Å². The molecule has 0 bridgehead atoms. The number of fused-ring (bicyclic) bond motifs is 1. The number of nitrogens with zero attached hydrogens (tertiary/aromatic N) is 8. The van der Waals surface area contributed by atoms with Crippen LogP contribution < -0.4 is 20.7 Å². The Bertz CT molecular complexity index is 2160. The molecule has 1 atom stereocenters. The number of aromatic nitrogens is 4. The van der Waals surface area contributed by atoms with E-state index >= 15 is 0 Å². The number of imide groups is 1. The lowest BCUT2D eigenvalue weighted by Gasteiger charge is -2.34. The summed E-state index contributed by atoms with van der Waals surface area (Å²) in [5.74, 6) is 3.09. The molecule has 1 unspecified atom stereocenters. The molecule has 4 saturated heterocycles. The zero-order valence-corrected chi connectivity index (χ0v) is 32.5. The first-order valence-corrected chi connectivity index (χ1v) is 20.6. The van der Waals surface area contributed by atoms with Crippen LogP contribution in [0.5, 0.6) is 11.5 Å². The first-order chi connectivity index (χ1) is 27.9. The summed E-state index contributed by atoms with van der Waals surface area (Å²) in [7, 11) is 0. The maximum Gasteiger partial charge on any atom is 0.328 e. The molecule has 13 heteroatoms. The van der Waals surface area contributed by atoms with Gasteiger partial charge < -0.3 is 25.2 Å². The highest BCUT2D eigenvalue weighted by Gasteiger charge is 2.30. The second-order valence-corrected chi connectivity index (χ2v) is 16.1. The Morgan fingerprint density at radius 3 is 2.19 bits per heavy atom. The lowest BCUT2D eigenvalue weighted by molar-refractivity contribution is -0.120. The SMILES string of the molecule is Nc1ncnc2c1c(-c1ccc(Oc3ccccc3)cc1)nn2C1CCN(CCN2CCC(CN3CCC(c4ccc(N5CCC(=O)NC5=O)cc4)CC3)C2)CC1. The second-order valence-electron chi connectivity index (χ2n) is 16.1. The van der Waals surface area contributed by atoms with Gasteiger partial charge in [0.15, 0.2) is 5.65 Å². The van der Waals surface area contributed by atoms with Crippen LogP contribution in [0.25, 0.3) is 22.3 Å². The summed E-state index contributed by atoms with van der Waals surface area (Å²) in [6.07, 6.45) is 7.53. The van der Waals surface area contributed by atoms with E-state index in [1.807, 2.05) is 66.7 Å². The summed E-state index contributed by atoms with van der Waals surface area (Å²) in [5.41, 5.74) is 11.2. The molecule has 4 aliphatic heterocycles. The van der Waals surface area contributed by atoms with Gasteiger partial charge in [0.05, 0.1) is 11.4 Å². The van der Waals surface area contributed by atoms with Crippen molar-refractivity contribution >= 4 is 34.5 Å². The molecule has 0 spiro atoms. The number of carbonyl (C=O) groups excluding carboxylic acids is 2. The summed E-state index contributed by atoms with van der Waals surface area (Å²) >= 11 is 0. The van der Waals surface area contributed by atoms with E-state index in [1.165, 1.54) is 31.6 Å². The van der Waals surface area contributed by atoms with Crippen LogP contribution in [0.2, 0.25) is 0 Å². The Balaban J connectivity index is 0.725. The molecule has 6 heterocycles. The number of urea groups is 1. The minimum Gasteiger partial charge on any atom is -0.457 e. The van der Waals surface area contributed by atoms with Gasteiger partial charge in [0, 0.05) is 63.5 Å². The Kier molecular flexibility index (Phi) is 10.9. The number of nitrogens with two attached hydrogens (primary N) is 1. The van der Waals surface area contributed by atoms with Crippen molar-refractivity contribution in [2.24, 2.45) is 5.92 Å². The van der Waals surface area contributed by atoms with Gasteiger partial charge in [0.2, 0.25) is 5.91 Å². The molecular weight excluding hydrogens is 717 g/mol. The van der Waals surface area contributed by atoms with Crippen LogP contribution >= 0.6 is 0 Å². The highest BCUT2D eigenvalue weighted by Crippen LogP contribution is 2.36. The number of amides is 3. The quantitative estimate of drug-likeness (QED) is 0.161. The molecule has 0 aliphatic carbocycles. The van der Waals surface area contributed by atoms with E-state index in [0.717, 1.165) is 110 Å². The number of nitrogens with one attached hydrogen (secondary N) is 1. The lowest BCUT2D eigenvalue weighted by Crippen LogP contribution is -2.49. The number of nitrogen functional groups attached to an aromatic ring is 1. The highest BCUT2D eigenvalue weighted by atomic mass is 16.5. The smallest absolute Gasteiger partial charge is 0.328 e. The van der Waals surface area contributed by atoms with Crippen LogP contribution in [0.4, 0.5) is 16.3 Å². The first-order valence-electron chi connectivity index (χ1n) is 20.6. The number of hydrogen-bond acceptors (Lipinski definition) is 10. The van der Waals surface area contributed by atoms with Crippen molar-refractivity contribution in [3.63, 3.8) is 0 Å². The van der Waals surface area contributed by atoms with Gasteiger partial charge in [-0.2, -0.15) is 5.10 Å². The fourth-order valence-electron chi connectivity index (χ4n) is 9.24. The van der Waals surface area contributed by atoms with Crippen LogP contribution in [-0.4, -0.2) is 112 Å². The molecule has 4 aliphatic rings. The monoisotopic (exact) mass is 768 g/mol. The second kappa shape index (κ2) is 16.6. The largest absolute Gasteiger partial charge is 0.457 e. The van der Waals surface area contributed by atoms with E-state index in [0.29, 0.717) is 24.7 Å². The summed E-state index contributed by atoms with van der Waals surface area (Å²) in [4.78, 5) is 42.4.